The van der Waals surface area contributed by atoms with Crippen molar-refractivity contribution in [3.8, 4) is 5.88 Å². The Kier molecular flexibility index (Phi) is 4.36. The van der Waals surface area contributed by atoms with Crippen LogP contribution in [0.2, 0.25) is 0 Å². The number of rotatable bonds is 4. The van der Waals surface area contributed by atoms with Crippen molar-refractivity contribution in [2.24, 2.45) is 7.05 Å². The van der Waals surface area contributed by atoms with E-state index in [1.165, 1.54) is 0 Å². The third kappa shape index (κ3) is 3.77. The van der Waals surface area contributed by atoms with Gasteiger partial charge < -0.3 is 15.4 Å². The average molecular weight is 294 g/mol. The molecule has 21 heavy (non-hydrogen) atoms. The van der Waals surface area contributed by atoms with Crippen LogP contribution in [0.4, 0.5) is 0 Å². The van der Waals surface area contributed by atoms with E-state index in [-0.39, 0.29) is 11.1 Å². The van der Waals surface area contributed by atoms with Gasteiger partial charge in [-0.25, -0.2) is 4.68 Å². The normalized spacial score (nSPS) is 21.5. The second-order valence-electron chi connectivity index (χ2n) is 7.58. The molecule has 2 N–H and O–H groups in total. The lowest BCUT2D eigenvalue weighted by Crippen LogP contribution is -2.61. The van der Waals surface area contributed by atoms with E-state index in [4.69, 9.17) is 4.74 Å². The van der Waals surface area contributed by atoms with Gasteiger partial charge in [-0.3, -0.25) is 0 Å². The van der Waals surface area contributed by atoms with E-state index >= 15 is 0 Å². The largest absolute Gasteiger partial charge is 0.481 e. The lowest BCUT2D eigenvalue weighted by Gasteiger charge is -2.46. The molecule has 2 heterocycles. The standard InChI is InChI=1S/C16H30N4O/c1-11-13(14(21-7)20(6)18-11)10-17-12-8-15(2,3)19-16(4,5)9-12/h12,17,19H,8-10H2,1-7H3. The highest BCUT2D eigenvalue weighted by molar-refractivity contribution is 5.30. The number of nitrogens with one attached hydrogen (secondary N) is 2. The zero-order valence-corrected chi connectivity index (χ0v) is 14.5. The minimum absolute atomic E-state index is 0.160. The first-order valence-electron chi connectivity index (χ1n) is 7.73. The summed E-state index contributed by atoms with van der Waals surface area (Å²) in [4.78, 5) is 0. The zero-order valence-electron chi connectivity index (χ0n) is 14.5. The average Bonchev–Trinajstić information content (AvgIpc) is 2.56. The molecule has 1 fully saturated rings. The molecule has 1 aromatic heterocycles. The number of aryl methyl sites for hydroxylation is 2. The minimum atomic E-state index is 0.160. The van der Waals surface area contributed by atoms with Gasteiger partial charge in [-0.15, -0.1) is 0 Å². The monoisotopic (exact) mass is 294 g/mol. The molecule has 1 aliphatic rings. The molecule has 120 valence electrons. The van der Waals surface area contributed by atoms with Crippen LogP contribution in [-0.2, 0) is 13.6 Å². The molecular weight excluding hydrogens is 264 g/mol. The fourth-order valence-corrected chi connectivity index (χ4v) is 3.85. The van der Waals surface area contributed by atoms with E-state index in [1.54, 1.807) is 7.11 Å². The molecule has 0 spiro atoms. The second-order valence-corrected chi connectivity index (χ2v) is 7.58. The summed E-state index contributed by atoms with van der Waals surface area (Å²) in [5.74, 6) is 0.854. The van der Waals surface area contributed by atoms with Crippen LogP contribution in [0.3, 0.4) is 0 Å². The summed E-state index contributed by atoms with van der Waals surface area (Å²) in [6.45, 7) is 11.9. The molecule has 0 atom stereocenters. The molecule has 2 rings (SSSR count). The quantitative estimate of drug-likeness (QED) is 0.893. The maximum Gasteiger partial charge on any atom is 0.216 e. The molecule has 0 unspecified atom stereocenters. The smallest absolute Gasteiger partial charge is 0.216 e. The van der Waals surface area contributed by atoms with Gasteiger partial charge in [-0.05, 0) is 47.5 Å². The molecule has 0 bridgehead atoms. The van der Waals surface area contributed by atoms with Crippen molar-refractivity contribution >= 4 is 0 Å². The van der Waals surface area contributed by atoms with Gasteiger partial charge in [0.2, 0.25) is 5.88 Å². The Balaban J connectivity index is 2.06. The first-order chi connectivity index (χ1) is 9.63. The predicted octanol–water partition coefficient (Wildman–Crippen LogP) is 2.14. The molecular formula is C16H30N4O. The van der Waals surface area contributed by atoms with Gasteiger partial charge >= 0.3 is 0 Å². The third-order valence-corrected chi connectivity index (χ3v) is 4.24. The van der Waals surface area contributed by atoms with Crippen LogP contribution in [-0.4, -0.2) is 34.0 Å². The van der Waals surface area contributed by atoms with Crippen molar-refractivity contribution in [1.29, 1.82) is 0 Å². The SMILES string of the molecule is COc1c(CNC2CC(C)(C)NC(C)(C)C2)c(C)nn1C. The van der Waals surface area contributed by atoms with Crippen LogP contribution in [0.1, 0.15) is 51.8 Å². The number of methoxy groups -OCH3 is 1. The molecule has 1 saturated heterocycles. The molecule has 0 aliphatic carbocycles. The molecule has 1 aliphatic heterocycles. The topological polar surface area (TPSA) is 51.1 Å². The number of aromatic nitrogens is 2. The Morgan fingerprint density at radius 3 is 2.38 bits per heavy atom. The summed E-state index contributed by atoms with van der Waals surface area (Å²) in [5.41, 5.74) is 2.52. The Hall–Kier alpha value is -1.07. The third-order valence-electron chi connectivity index (χ3n) is 4.24. The van der Waals surface area contributed by atoms with E-state index in [0.717, 1.165) is 36.5 Å². The zero-order chi connectivity index (χ0) is 15.8. The molecule has 0 aromatic carbocycles. The molecule has 5 nitrogen and oxygen atoms in total. The van der Waals surface area contributed by atoms with Gasteiger partial charge in [0.15, 0.2) is 0 Å². The van der Waals surface area contributed by atoms with Gasteiger partial charge in [0.05, 0.1) is 18.4 Å². The van der Waals surface area contributed by atoms with Crippen molar-refractivity contribution in [2.75, 3.05) is 7.11 Å². The van der Waals surface area contributed by atoms with Crippen LogP contribution in [0.5, 0.6) is 5.88 Å². The van der Waals surface area contributed by atoms with Crippen molar-refractivity contribution < 1.29 is 4.74 Å². The van der Waals surface area contributed by atoms with E-state index < -0.39 is 0 Å². The number of piperidine rings is 1. The Labute approximate surface area is 128 Å². The van der Waals surface area contributed by atoms with Gasteiger partial charge in [0.1, 0.15) is 0 Å². The maximum atomic E-state index is 5.47. The summed E-state index contributed by atoms with van der Waals surface area (Å²) < 4.78 is 7.28. The lowest BCUT2D eigenvalue weighted by molar-refractivity contribution is 0.145. The van der Waals surface area contributed by atoms with Gasteiger partial charge in [0, 0.05) is 30.7 Å². The first kappa shape index (κ1) is 16.3. The predicted molar refractivity (Wildman–Crippen MR) is 85.7 cm³/mol. The van der Waals surface area contributed by atoms with Crippen molar-refractivity contribution in [3.05, 3.63) is 11.3 Å². The summed E-state index contributed by atoms with van der Waals surface area (Å²) in [7, 11) is 3.63. The summed E-state index contributed by atoms with van der Waals surface area (Å²) >= 11 is 0. The van der Waals surface area contributed by atoms with Crippen LogP contribution in [0.25, 0.3) is 0 Å². The van der Waals surface area contributed by atoms with Gasteiger partial charge in [-0.1, -0.05) is 0 Å². The molecule has 0 amide bonds. The van der Waals surface area contributed by atoms with Gasteiger partial charge in [0.25, 0.3) is 0 Å². The van der Waals surface area contributed by atoms with Crippen LogP contribution < -0.4 is 15.4 Å². The molecule has 0 saturated carbocycles. The fraction of sp³-hybridized carbons (Fsp3) is 0.812. The van der Waals surface area contributed by atoms with Gasteiger partial charge in [-0.2, -0.15) is 5.10 Å². The summed E-state index contributed by atoms with van der Waals surface area (Å²) in [5, 5.41) is 11.9. The van der Waals surface area contributed by atoms with Crippen LogP contribution in [0.15, 0.2) is 0 Å². The molecule has 5 heteroatoms. The van der Waals surface area contributed by atoms with E-state index in [0.29, 0.717) is 6.04 Å². The number of hydrogen-bond acceptors (Lipinski definition) is 4. The molecule has 0 radical (unpaired) electrons. The molecule has 1 aromatic rings. The number of nitrogens with zero attached hydrogens (tertiary/aromatic N) is 2. The fourth-order valence-electron chi connectivity index (χ4n) is 3.85. The van der Waals surface area contributed by atoms with Crippen molar-refractivity contribution in [3.63, 3.8) is 0 Å². The summed E-state index contributed by atoms with van der Waals surface area (Å²) in [6, 6.07) is 0.501. The van der Waals surface area contributed by atoms with E-state index in [1.807, 2.05) is 18.7 Å². The Morgan fingerprint density at radius 1 is 1.29 bits per heavy atom. The highest BCUT2D eigenvalue weighted by Gasteiger charge is 2.37. The van der Waals surface area contributed by atoms with E-state index in [9.17, 15) is 0 Å². The van der Waals surface area contributed by atoms with Crippen molar-refractivity contribution in [2.45, 2.75) is 71.1 Å². The number of ether oxygens (including phenoxy) is 1. The maximum absolute atomic E-state index is 5.47. The van der Waals surface area contributed by atoms with E-state index in [2.05, 4.69) is 43.4 Å². The van der Waals surface area contributed by atoms with Crippen LogP contribution >= 0.6 is 0 Å². The highest BCUT2D eigenvalue weighted by Crippen LogP contribution is 2.29. The summed E-state index contributed by atoms with van der Waals surface area (Å²) in [6.07, 6.45) is 2.25. The number of hydrogen-bond donors (Lipinski definition) is 2. The Morgan fingerprint density at radius 2 is 1.86 bits per heavy atom. The lowest BCUT2D eigenvalue weighted by atomic mass is 9.79. The Bertz CT molecular complexity index is 489. The second kappa shape index (κ2) is 5.61. The van der Waals surface area contributed by atoms with Crippen LogP contribution in [0, 0.1) is 6.92 Å². The minimum Gasteiger partial charge on any atom is -0.481 e. The van der Waals surface area contributed by atoms with Crippen molar-refractivity contribution in [1.82, 2.24) is 20.4 Å². The first-order valence-corrected chi connectivity index (χ1v) is 7.73. The highest BCUT2D eigenvalue weighted by atomic mass is 16.5.